The maximum absolute atomic E-state index is 10.3. The average Bonchev–Trinajstić information content (AvgIpc) is 2.56. The molecule has 0 aliphatic heterocycles. The second-order valence-electron chi connectivity index (χ2n) is 7.24. The molecule has 144 valence electrons. The van der Waals surface area contributed by atoms with Crippen molar-refractivity contribution in [1.82, 2.24) is 5.32 Å². The first-order chi connectivity index (χ1) is 11.8. The van der Waals surface area contributed by atoms with Crippen molar-refractivity contribution < 1.29 is 9.90 Å². The summed E-state index contributed by atoms with van der Waals surface area (Å²) in [5, 5.41) is 10.9. The Morgan fingerprint density at radius 1 is 0.583 bits per heavy atom. The Bertz CT molecular complexity index is 256. The van der Waals surface area contributed by atoms with Crippen LogP contribution in [0.25, 0.3) is 0 Å². The van der Waals surface area contributed by atoms with Crippen LogP contribution in [0, 0.1) is 0 Å². The zero-order valence-electron chi connectivity index (χ0n) is 16.3. The van der Waals surface area contributed by atoms with Gasteiger partial charge in [0, 0.05) is 6.54 Å². The molecule has 0 spiro atoms. The van der Waals surface area contributed by atoms with Gasteiger partial charge in [-0.1, -0.05) is 116 Å². The van der Waals surface area contributed by atoms with E-state index in [4.69, 9.17) is 5.11 Å². The van der Waals surface area contributed by atoms with Crippen molar-refractivity contribution in [3.63, 3.8) is 0 Å². The summed E-state index contributed by atoms with van der Waals surface area (Å²) >= 11 is 0. The van der Waals surface area contributed by atoms with E-state index in [1.54, 1.807) is 0 Å². The van der Waals surface area contributed by atoms with Gasteiger partial charge >= 0.3 is 6.09 Å². The number of nitrogens with one attached hydrogen (secondary N) is 1. The highest BCUT2D eigenvalue weighted by molar-refractivity contribution is 5.64. The van der Waals surface area contributed by atoms with Gasteiger partial charge < -0.3 is 10.4 Å². The van der Waals surface area contributed by atoms with Crippen LogP contribution in [0.3, 0.4) is 0 Å². The molecule has 3 heteroatoms. The highest BCUT2D eigenvalue weighted by atomic mass is 16.4. The average molecular weight is 342 g/mol. The predicted octanol–water partition coefficient (Wildman–Crippen LogP) is 7.30. The van der Waals surface area contributed by atoms with Crippen molar-refractivity contribution in [3.05, 3.63) is 0 Å². The molecular formula is C21H43NO2. The van der Waals surface area contributed by atoms with Crippen molar-refractivity contribution in [1.29, 1.82) is 0 Å². The molecule has 0 aromatic carbocycles. The van der Waals surface area contributed by atoms with Crippen molar-refractivity contribution >= 4 is 6.09 Å². The van der Waals surface area contributed by atoms with E-state index in [-0.39, 0.29) is 0 Å². The zero-order chi connectivity index (χ0) is 17.7. The lowest BCUT2D eigenvalue weighted by Gasteiger charge is -2.04. The molecule has 0 heterocycles. The monoisotopic (exact) mass is 341 g/mol. The van der Waals surface area contributed by atoms with E-state index in [0.717, 1.165) is 12.8 Å². The number of unbranched alkanes of at least 4 members (excludes halogenated alkanes) is 17. The van der Waals surface area contributed by atoms with Crippen LogP contribution in [0.1, 0.15) is 122 Å². The van der Waals surface area contributed by atoms with E-state index in [0.29, 0.717) is 6.54 Å². The molecule has 0 aromatic rings. The van der Waals surface area contributed by atoms with Gasteiger partial charge in [0.25, 0.3) is 0 Å². The minimum atomic E-state index is -0.901. The molecular weight excluding hydrogens is 298 g/mol. The summed E-state index contributed by atoms with van der Waals surface area (Å²) < 4.78 is 0. The van der Waals surface area contributed by atoms with Crippen LogP contribution in [0.15, 0.2) is 0 Å². The van der Waals surface area contributed by atoms with Crippen molar-refractivity contribution in [2.24, 2.45) is 0 Å². The van der Waals surface area contributed by atoms with Crippen LogP contribution in [0.2, 0.25) is 0 Å². The summed E-state index contributed by atoms with van der Waals surface area (Å²) in [4.78, 5) is 10.3. The fraction of sp³-hybridized carbons (Fsp3) is 0.952. The molecule has 0 saturated carbocycles. The van der Waals surface area contributed by atoms with Crippen LogP contribution >= 0.6 is 0 Å². The molecule has 2 N–H and O–H groups in total. The Hall–Kier alpha value is -0.730. The van der Waals surface area contributed by atoms with Gasteiger partial charge in [-0.2, -0.15) is 0 Å². The Balaban J connectivity index is 2.97. The molecule has 1 amide bonds. The number of rotatable bonds is 19. The van der Waals surface area contributed by atoms with E-state index >= 15 is 0 Å². The van der Waals surface area contributed by atoms with Crippen LogP contribution in [-0.2, 0) is 0 Å². The lowest BCUT2D eigenvalue weighted by Crippen LogP contribution is -2.21. The smallest absolute Gasteiger partial charge is 0.404 e. The second-order valence-corrected chi connectivity index (χ2v) is 7.24. The lowest BCUT2D eigenvalue weighted by molar-refractivity contribution is 0.194. The number of hydrogen-bond acceptors (Lipinski definition) is 1. The van der Waals surface area contributed by atoms with Crippen LogP contribution in [0.5, 0.6) is 0 Å². The van der Waals surface area contributed by atoms with Gasteiger partial charge in [-0.3, -0.25) is 0 Å². The molecule has 0 radical (unpaired) electrons. The topological polar surface area (TPSA) is 49.3 Å². The SMILES string of the molecule is CCCCCCCCCCCCCCCCCCCCNC(=O)O. The quantitative estimate of drug-likeness (QED) is 0.242. The van der Waals surface area contributed by atoms with Crippen molar-refractivity contribution in [2.45, 2.75) is 122 Å². The molecule has 0 rings (SSSR count). The van der Waals surface area contributed by atoms with Gasteiger partial charge in [0.15, 0.2) is 0 Å². The van der Waals surface area contributed by atoms with Gasteiger partial charge in [0.2, 0.25) is 0 Å². The Morgan fingerprint density at radius 3 is 1.17 bits per heavy atom. The van der Waals surface area contributed by atoms with Gasteiger partial charge in [-0.25, -0.2) is 4.79 Å². The molecule has 0 unspecified atom stereocenters. The van der Waals surface area contributed by atoms with Crippen LogP contribution < -0.4 is 5.32 Å². The minimum Gasteiger partial charge on any atom is -0.465 e. The van der Waals surface area contributed by atoms with Crippen LogP contribution in [0.4, 0.5) is 4.79 Å². The normalized spacial score (nSPS) is 10.9. The largest absolute Gasteiger partial charge is 0.465 e. The molecule has 0 fully saturated rings. The maximum atomic E-state index is 10.3. The summed E-state index contributed by atoms with van der Waals surface area (Å²) in [7, 11) is 0. The molecule has 0 bridgehead atoms. The number of hydrogen-bond donors (Lipinski definition) is 2. The first-order valence-corrected chi connectivity index (χ1v) is 10.7. The van der Waals surface area contributed by atoms with Crippen molar-refractivity contribution in [3.8, 4) is 0 Å². The maximum Gasteiger partial charge on any atom is 0.404 e. The highest BCUT2D eigenvalue weighted by Gasteiger charge is 1.96. The summed E-state index contributed by atoms with van der Waals surface area (Å²) in [5.41, 5.74) is 0. The summed E-state index contributed by atoms with van der Waals surface area (Å²) in [5.74, 6) is 0. The molecule has 0 aliphatic rings. The standard InChI is InChI=1S/C21H43NO2/c1-2-3-4-5-6-7-8-9-10-11-12-13-14-15-16-17-18-19-20-22-21(23)24/h22H,2-20H2,1H3,(H,23,24). The number of carbonyl (C=O) groups is 1. The van der Waals surface area contributed by atoms with Gasteiger partial charge in [-0.05, 0) is 6.42 Å². The second kappa shape index (κ2) is 20.3. The molecule has 0 aliphatic carbocycles. The Morgan fingerprint density at radius 2 is 0.875 bits per heavy atom. The van der Waals surface area contributed by atoms with E-state index in [9.17, 15) is 4.79 Å². The Labute approximate surface area is 151 Å². The van der Waals surface area contributed by atoms with E-state index in [2.05, 4.69) is 12.2 Å². The first kappa shape index (κ1) is 23.3. The third kappa shape index (κ3) is 21.3. The highest BCUT2D eigenvalue weighted by Crippen LogP contribution is 2.14. The number of carboxylic acid groups (broad SMARTS) is 1. The number of amides is 1. The van der Waals surface area contributed by atoms with Gasteiger partial charge in [0.05, 0.1) is 0 Å². The first-order valence-electron chi connectivity index (χ1n) is 10.7. The summed E-state index contributed by atoms with van der Waals surface area (Å²) in [6.45, 7) is 2.89. The van der Waals surface area contributed by atoms with E-state index < -0.39 is 6.09 Å². The molecule has 0 saturated heterocycles. The van der Waals surface area contributed by atoms with Gasteiger partial charge in [0.1, 0.15) is 0 Å². The van der Waals surface area contributed by atoms with E-state index in [1.165, 1.54) is 103 Å². The van der Waals surface area contributed by atoms with Crippen LogP contribution in [-0.4, -0.2) is 17.7 Å². The fourth-order valence-electron chi connectivity index (χ4n) is 3.22. The summed E-state index contributed by atoms with van der Waals surface area (Å²) in [6, 6.07) is 0. The van der Waals surface area contributed by atoms with E-state index in [1.807, 2.05) is 0 Å². The van der Waals surface area contributed by atoms with Crippen molar-refractivity contribution in [2.75, 3.05) is 6.54 Å². The Kier molecular flexibility index (Phi) is 19.7. The third-order valence-corrected chi connectivity index (χ3v) is 4.81. The fourth-order valence-corrected chi connectivity index (χ4v) is 3.22. The molecule has 0 atom stereocenters. The predicted molar refractivity (Wildman–Crippen MR) is 105 cm³/mol. The molecule has 0 aromatic heterocycles. The third-order valence-electron chi connectivity index (χ3n) is 4.81. The minimum absolute atomic E-state index is 0.605. The lowest BCUT2D eigenvalue weighted by atomic mass is 10.0. The van der Waals surface area contributed by atoms with Gasteiger partial charge in [-0.15, -0.1) is 0 Å². The molecule has 24 heavy (non-hydrogen) atoms. The summed E-state index contributed by atoms with van der Waals surface area (Å²) in [6.07, 6.45) is 23.6. The molecule has 3 nitrogen and oxygen atoms in total. The zero-order valence-corrected chi connectivity index (χ0v) is 16.3.